The number of hydrogen-bond donors (Lipinski definition) is 2. The molecule has 3 aromatic rings. The van der Waals surface area contributed by atoms with E-state index in [4.69, 9.17) is 10.5 Å². The lowest BCUT2D eigenvalue weighted by molar-refractivity contribution is 0.210. The Kier molecular flexibility index (Phi) is 5.41. The highest BCUT2D eigenvalue weighted by atomic mass is 19.1. The van der Waals surface area contributed by atoms with Crippen LogP contribution in [0.2, 0.25) is 0 Å². The van der Waals surface area contributed by atoms with Crippen molar-refractivity contribution in [3.63, 3.8) is 0 Å². The summed E-state index contributed by atoms with van der Waals surface area (Å²) in [6.07, 6.45) is 1.72. The van der Waals surface area contributed by atoms with Gasteiger partial charge in [0.2, 0.25) is 0 Å². The average molecular weight is 370 g/mol. The number of pyridine rings is 2. The maximum Gasteiger partial charge on any atom is 0.258 e. The molecule has 2 heterocycles. The van der Waals surface area contributed by atoms with Crippen molar-refractivity contribution in [3.8, 4) is 11.1 Å². The summed E-state index contributed by atoms with van der Waals surface area (Å²) in [7, 11) is 1.63. The molecule has 0 saturated heterocycles. The van der Waals surface area contributed by atoms with E-state index in [2.05, 4.69) is 10.3 Å². The van der Waals surface area contributed by atoms with Crippen LogP contribution in [0.15, 0.2) is 35.3 Å². The molecule has 0 spiro atoms. The second-order valence-corrected chi connectivity index (χ2v) is 6.34. The van der Waals surface area contributed by atoms with Gasteiger partial charge in [0.15, 0.2) is 0 Å². The number of ether oxygens (including phenoxy) is 1. The van der Waals surface area contributed by atoms with Gasteiger partial charge >= 0.3 is 0 Å². The van der Waals surface area contributed by atoms with Gasteiger partial charge in [-0.05, 0) is 43.2 Å². The van der Waals surface area contributed by atoms with Gasteiger partial charge in [0.1, 0.15) is 11.6 Å². The Labute approximate surface area is 156 Å². The van der Waals surface area contributed by atoms with E-state index in [1.54, 1.807) is 30.9 Å². The Balaban J connectivity index is 2.17. The molecule has 7 heteroatoms. The fraction of sp³-hybridized carbons (Fsp3) is 0.300. The van der Waals surface area contributed by atoms with Crippen LogP contribution in [0.5, 0.6) is 0 Å². The number of aryl methyl sites for hydroxylation is 2. The molecule has 0 atom stereocenters. The summed E-state index contributed by atoms with van der Waals surface area (Å²) < 4.78 is 20.4. The van der Waals surface area contributed by atoms with Crippen LogP contribution in [-0.2, 0) is 11.3 Å². The van der Waals surface area contributed by atoms with Crippen molar-refractivity contribution in [2.75, 3.05) is 31.3 Å². The molecule has 3 N–H and O–H groups in total. The van der Waals surface area contributed by atoms with E-state index < -0.39 is 5.82 Å². The van der Waals surface area contributed by atoms with E-state index in [1.165, 1.54) is 12.1 Å². The first-order valence-corrected chi connectivity index (χ1v) is 8.78. The van der Waals surface area contributed by atoms with Gasteiger partial charge in [-0.3, -0.25) is 4.79 Å². The molecular formula is C20H23FN4O2. The Morgan fingerprint density at radius 3 is 2.74 bits per heavy atom. The number of aromatic nitrogens is 2. The Bertz CT molecular complexity index is 1050. The van der Waals surface area contributed by atoms with Gasteiger partial charge in [-0.2, -0.15) is 0 Å². The number of anilines is 2. The van der Waals surface area contributed by atoms with Gasteiger partial charge in [0.05, 0.1) is 17.8 Å². The molecule has 3 rings (SSSR count). The lowest BCUT2D eigenvalue weighted by Crippen LogP contribution is -2.22. The van der Waals surface area contributed by atoms with Crippen LogP contribution in [-0.4, -0.2) is 29.8 Å². The number of methoxy groups -OCH3 is 1. The Morgan fingerprint density at radius 1 is 1.26 bits per heavy atom. The van der Waals surface area contributed by atoms with Crippen molar-refractivity contribution in [1.82, 2.24) is 9.55 Å². The first-order chi connectivity index (χ1) is 13.0. The normalized spacial score (nSPS) is 11.1. The second kappa shape index (κ2) is 7.75. The minimum absolute atomic E-state index is 0.0222. The van der Waals surface area contributed by atoms with Crippen molar-refractivity contribution in [2.24, 2.45) is 0 Å². The van der Waals surface area contributed by atoms with E-state index in [0.717, 1.165) is 10.9 Å². The van der Waals surface area contributed by atoms with E-state index in [1.807, 2.05) is 13.0 Å². The summed E-state index contributed by atoms with van der Waals surface area (Å²) in [5, 5.41) is 3.99. The van der Waals surface area contributed by atoms with Crippen LogP contribution in [0.1, 0.15) is 12.5 Å². The SMILES string of the molecule is CCn1c(=O)c(-c2cc(N)c(F)cc2C)cc2cnc(NCCOC)cc21. The van der Waals surface area contributed by atoms with E-state index >= 15 is 0 Å². The number of fused-ring (bicyclic) bond motifs is 1. The van der Waals surface area contributed by atoms with Gasteiger partial charge in [-0.1, -0.05) is 0 Å². The maximum absolute atomic E-state index is 13.7. The van der Waals surface area contributed by atoms with Crippen molar-refractivity contribution in [3.05, 3.63) is 52.2 Å². The fourth-order valence-electron chi connectivity index (χ4n) is 3.14. The molecule has 0 unspecified atom stereocenters. The lowest BCUT2D eigenvalue weighted by Gasteiger charge is -2.14. The molecule has 0 amide bonds. The third-order valence-electron chi connectivity index (χ3n) is 4.54. The molecule has 0 saturated carbocycles. The predicted molar refractivity (Wildman–Crippen MR) is 107 cm³/mol. The standard InChI is InChI=1S/C20H23FN4O2/c1-4-25-18-10-19(23-5-6-27-3)24-11-13(18)8-15(20(25)26)14-9-17(22)16(21)7-12(14)2/h7-11H,4-6,22H2,1-3H3,(H,23,24). The predicted octanol–water partition coefficient (Wildman–Crippen LogP) is 3.17. The van der Waals surface area contributed by atoms with Crippen LogP contribution in [0.3, 0.4) is 0 Å². The first-order valence-electron chi connectivity index (χ1n) is 8.78. The van der Waals surface area contributed by atoms with Crippen LogP contribution >= 0.6 is 0 Å². The van der Waals surface area contributed by atoms with E-state index in [9.17, 15) is 9.18 Å². The number of nitrogens with zero attached hydrogens (tertiary/aromatic N) is 2. The number of halogens is 1. The van der Waals surface area contributed by atoms with Crippen molar-refractivity contribution in [1.29, 1.82) is 0 Å². The highest BCUT2D eigenvalue weighted by Crippen LogP contribution is 2.28. The molecule has 27 heavy (non-hydrogen) atoms. The number of rotatable bonds is 6. The zero-order chi connectivity index (χ0) is 19.6. The van der Waals surface area contributed by atoms with Crippen molar-refractivity contribution in [2.45, 2.75) is 20.4 Å². The second-order valence-electron chi connectivity index (χ2n) is 6.34. The van der Waals surface area contributed by atoms with E-state index in [-0.39, 0.29) is 11.2 Å². The Morgan fingerprint density at radius 2 is 2.04 bits per heavy atom. The molecule has 6 nitrogen and oxygen atoms in total. The van der Waals surface area contributed by atoms with Crippen LogP contribution in [0.25, 0.3) is 22.0 Å². The monoisotopic (exact) mass is 370 g/mol. The van der Waals surface area contributed by atoms with Crippen LogP contribution in [0.4, 0.5) is 15.9 Å². The van der Waals surface area contributed by atoms with E-state index in [0.29, 0.717) is 42.2 Å². The molecule has 1 aromatic carbocycles. The zero-order valence-electron chi connectivity index (χ0n) is 15.7. The number of nitrogens with two attached hydrogens (primary N) is 1. The average Bonchev–Trinajstić information content (AvgIpc) is 2.65. The highest BCUT2D eigenvalue weighted by molar-refractivity contribution is 5.86. The third-order valence-corrected chi connectivity index (χ3v) is 4.54. The zero-order valence-corrected chi connectivity index (χ0v) is 15.7. The topological polar surface area (TPSA) is 82.2 Å². The third kappa shape index (κ3) is 3.64. The molecule has 0 aliphatic heterocycles. The molecular weight excluding hydrogens is 347 g/mol. The molecule has 0 aliphatic carbocycles. The van der Waals surface area contributed by atoms with Gasteiger partial charge in [0, 0.05) is 43.4 Å². The van der Waals surface area contributed by atoms with Crippen molar-refractivity contribution < 1.29 is 9.13 Å². The summed E-state index contributed by atoms with van der Waals surface area (Å²) in [5.41, 5.74) is 8.16. The molecule has 142 valence electrons. The number of nitrogen functional groups attached to an aromatic ring is 1. The minimum Gasteiger partial charge on any atom is -0.396 e. The quantitative estimate of drug-likeness (QED) is 0.514. The van der Waals surface area contributed by atoms with Crippen molar-refractivity contribution >= 4 is 22.4 Å². The lowest BCUT2D eigenvalue weighted by atomic mass is 9.99. The summed E-state index contributed by atoms with van der Waals surface area (Å²) in [5.74, 6) is 0.192. The first kappa shape index (κ1) is 18.8. The summed E-state index contributed by atoms with van der Waals surface area (Å²) in [6, 6.07) is 6.51. The minimum atomic E-state index is -0.485. The summed E-state index contributed by atoms with van der Waals surface area (Å²) in [4.78, 5) is 17.5. The van der Waals surface area contributed by atoms with Crippen LogP contribution < -0.4 is 16.6 Å². The summed E-state index contributed by atoms with van der Waals surface area (Å²) in [6.45, 7) is 5.36. The van der Waals surface area contributed by atoms with Crippen LogP contribution in [0, 0.1) is 12.7 Å². The molecule has 2 aromatic heterocycles. The smallest absolute Gasteiger partial charge is 0.258 e. The largest absolute Gasteiger partial charge is 0.396 e. The fourth-order valence-corrected chi connectivity index (χ4v) is 3.14. The number of benzene rings is 1. The summed E-state index contributed by atoms with van der Waals surface area (Å²) >= 11 is 0. The van der Waals surface area contributed by atoms with Gasteiger partial charge in [0.25, 0.3) is 5.56 Å². The maximum atomic E-state index is 13.7. The molecule has 0 fully saturated rings. The molecule has 0 bridgehead atoms. The van der Waals surface area contributed by atoms with Gasteiger partial charge < -0.3 is 20.4 Å². The molecule has 0 radical (unpaired) electrons. The number of nitrogens with one attached hydrogen (secondary N) is 1. The number of hydrogen-bond acceptors (Lipinski definition) is 5. The highest BCUT2D eigenvalue weighted by Gasteiger charge is 2.15. The molecule has 0 aliphatic rings. The van der Waals surface area contributed by atoms with Gasteiger partial charge in [-0.25, -0.2) is 9.37 Å². The van der Waals surface area contributed by atoms with Gasteiger partial charge in [-0.15, -0.1) is 0 Å². The Hall–Kier alpha value is -2.93.